The summed E-state index contributed by atoms with van der Waals surface area (Å²) in [6.07, 6.45) is 12.0. The highest BCUT2D eigenvalue weighted by Gasteiger charge is 2.24. The number of halogens is 1. The summed E-state index contributed by atoms with van der Waals surface area (Å²) in [5, 5.41) is 3.49. The molecule has 1 unspecified atom stereocenters. The summed E-state index contributed by atoms with van der Waals surface area (Å²) in [5.41, 5.74) is 0. The predicted octanol–water partition coefficient (Wildman–Crippen LogP) is 3.49. The van der Waals surface area contributed by atoms with Crippen molar-refractivity contribution in [2.75, 3.05) is 53.0 Å². The molecule has 29 heavy (non-hydrogen) atoms. The Bertz CT molecular complexity index is 460. The van der Waals surface area contributed by atoms with E-state index in [0.717, 1.165) is 77.2 Å². The molecule has 1 N–H and O–H groups in total. The average molecular weight is 523 g/mol. The fraction of sp³-hybridized carbons (Fsp3) is 0.955. The van der Waals surface area contributed by atoms with Gasteiger partial charge in [0.05, 0.1) is 25.4 Å². The van der Waals surface area contributed by atoms with Crippen LogP contribution in [0.3, 0.4) is 0 Å². The normalized spacial score (nSPS) is 24.7. The summed E-state index contributed by atoms with van der Waals surface area (Å²) >= 11 is 0. The van der Waals surface area contributed by atoms with E-state index in [-0.39, 0.29) is 24.0 Å². The minimum absolute atomic E-state index is 0. The molecule has 7 heteroatoms. The van der Waals surface area contributed by atoms with Gasteiger partial charge in [-0.15, -0.1) is 24.0 Å². The lowest BCUT2D eigenvalue weighted by molar-refractivity contribution is -0.0721. The van der Waals surface area contributed by atoms with Crippen molar-refractivity contribution in [1.82, 2.24) is 15.1 Å². The molecule has 0 aromatic carbocycles. The first-order valence-corrected chi connectivity index (χ1v) is 11.7. The molecule has 0 aromatic rings. The molecule has 3 rings (SSSR count). The molecule has 170 valence electrons. The first-order chi connectivity index (χ1) is 13.8. The molecule has 2 saturated heterocycles. The van der Waals surface area contributed by atoms with Crippen LogP contribution in [-0.2, 0) is 9.47 Å². The van der Waals surface area contributed by atoms with Crippen molar-refractivity contribution in [2.24, 2.45) is 4.99 Å². The molecule has 0 spiro atoms. The number of hydrogen-bond donors (Lipinski definition) is 1. The number of piperidine rings is 1. The van der Waals surface area contributed by atoms with E-state index in [4.69, 9.17) is 14.5 Å². The van der Waals surface area contributed by atoms with Crippen LogP contribution in [0.1, 0.15) is 64.7 Å². The third-order valence-electron chi connectivity index (χ3n) is 6.53. The Hall–Kier alpha value is -0.120. The molecule has 1 aliphatic carbocycles. The van der Waals surface area contributed by atoms with Gasteiger partial charge in [-0.05, 0) is 58.9 Å². The summed E-state index contributed by atoms with van der Waals surface area (Å²) in [6.45, 7) is 8.75. The number of guanidine groups is 1. The van der Waals surface area contributed by atoms with E-state index in [9.17, 15) is 0 Å². The van der Waals surface area contributed by atoms with Crippen LogP contribution >= 0.6 is 24.0 Å². The van der Waals surface area contributed by atoms with Crippen molar-refractivity contribution in [3.8, 4) is 0 Å². The highest BCUT2D eigenvalue weighted by atomic mass is 127. The van der Waals surface area contributed by atoms with Crippen LogP contribution in [0.2, 0.25) is 0 Å². The first kappa shape index (κ1) is 25.1. The van der Waals surface area contributed by atoms with Gasteiger partial charge in [0, 0.05) is 38.8 Å². The van der Waals surface area contributed by atoms with E-state index in [1.807, 2.05) is 0 Å². The number of likely N-dealkylation sites (N-methyl/N-ethyl adjacent to an activating group) is 1. The molecule has 3 aliphatic rings. The Kier molecular flexibility index (Phi) is 12.2. The topological polar surface area (TPSA) is 49.3 Å². The Morgan fingerprint density at radius 3 is 2.48 bits per heavy atom. The molecule has 0 aromatic heterocycles. The van der Waals surface area contributed by atoms with E-state index >= 15 is 0 Å². The van der Waals surface area contributed by atoms with E-state index < -0.39 is 0 Å². The average Bonchev–Trinajstić information content (AvgIpc) is 3.28. The number of rotatable bonds is 8. The third-order valence-corrected chi connectivity index (χ3v) is 6.53. The van der Waals surface area contributed by atoms with Crippen LogP contribution in [0.25, 0.3) is 0 Å². The van der Waals surface area contributed by atoms with Crippen LogP contribution < -0.4 is 5.32 Å². The number of hydrogen-bond acceptors (Lipinski definition) is 4. The highest BCUT2D eigenvalue weighted by Crippen LogP contribution is 2.22. The summed E-state index contributed by atoms with van der Waals surface area (Å²) in [7, 11) is 2.26. The van der Waals surface area contributed by atoms with E-state index in [0.29, 0.717) is 12.2 Å². The SMILES string of the molecule is CCNC(=NCCN(C)C1CCCC1)N1CCC(OCC2CCCCO2)CC1.I. The lowest BCUT2D eigenvalue weighted by atomic mass is 10.1. The second kappa shape index (κ2) is 14.0. The molecule has 2 heterocycles. The lowest BCUT2D eigenvalue weighted by Crippen LogP contribution is -2.47. The maximum Gasteiger partial charge on any atom is 0.193 e. The number of likely N-dealkylation sites (tertiary alicyclic amines) is 1. The number of nitrogens with zero attached hydrogens (tertiary/aromatic N) is 3. The van der Waals surface area contributed by atoms with Crippen LogP contribution in [0.4, 0.5) is 0 Å². The highest BCUT2D eigenvalue weighted by molar-refractivity contribution is 14.0. The molecule has 2 aliphatic heterocycles. The first-order valence-electron chi connectivity index (χ1n) is 11.7. The van der Waals surface area contributed by atoms with Crippen molar-refractivity contribution >= 4 is 29.9 Å². The molecular weight excluding hydrogens is 479 g/mol. The molecule has 0 radical (unpaired) electrons. The van der Waals surface area contributed by atoms with E-state index in [1.165, 1.54) is 38.5 Å². The minimum Gasteiger partial charge on any atom is -0.376 e. The van der Waals surface area contributed by atoms with Crippen LogP contribution in [-0.4, -0.2) is 87.0 Å². The second-order valence-electron chi connectivity index (χ2n) is 8.66. The number of aliphatic imine (C=N–C) groups is 1. The zero-order valence-corrected chi connectivity index (χ0v) is 20.9. The van der Waals surface area contributed by atoms with Gasteiger partial charge in [0.1, 0.15) is 0 Å². The zero-order chi connectivity index (χ0) is 19.6. The van der Waals surface area contributed by atoms with Gasteiger partial charge in [-0.2, -0.15) is 0 Å². The second-order valence-corrected chi connectivity index (χ2v) is 8.66. The van der Waals surface area contributed by atoms with Gasteiger partial charge in [-0.25, -0.2) is 0 Å². The van der Waals surface area contributed by atoms with Gasteiger partial charge < -0.3 is 24.6 Å². The van der Waals surface area contributed by atoms with Crippen molar-refractivity contribution < 1.29 is 9.47 Å². The molecule has 0 bridgehead atoms. The molecule has 1 saturated carbocycles. The summed E-state index contributed by atoms with van der Waals surface area (Å²) in [6, 6.07) is 0.777. The quantitative estimate of drug-likeness (QED) is 0.301. The largest absolute Gasteiger partial charge is 0.376 e. The smallest absolute Gasteiger partial charge is 0.193 e. The minimum atomic E-state index is 0. The fourth-order valence-electron chi connectivity index (χ4n) is 4.68. The van der Waals surface area contributed by atoms with Crippen molar-refractivity contribution in [1.29, 1.82) is 0 Å². The van der Waals surface area contributed by atoms with Gasteiger partial charge in [-0.3, -0.25) is 4.99 Å². The van der Waals surface area contributed by atoms with Gasteiger partial charge >= 0.3 is 0 Å². The van der Waals surface area contributed by atoms with Crippen molar-refractivity contribution in [3.63, 3.8) is 0 Å². The van der Waals surface area contributed by atoms with Gasteiger partial charge in [0.25, 0.3) is 0 Å². The monoisotopic (exact) mass is 522 g/mol. The standard InChI is InChI=1S/C22H42N4O2.HI/c1-3-23-22(24-13-16-25(2)19-8-4-5-9-19)26-14-11-20(12-15-26)28-18-21-10-6-7-17-27-21;/h19-21H,3-18H2,1-2H3,(H,23,24);1H. The predicted molar refractivity (Wildman–Crippen MR) is 130 cm³/mol. The third kappa shape index (κ3) is 8.50. The van der Waals surface area contributed by atoms with Crippen LogP contribution in [0, 0.1) is 0 Å². The summed E-state index contributed by atoms with van der Waals surface area (Å²) < 4.78 is 12.0. The Morgan fingerprint density at radius 2 is 1.83 bits per heavy atom. The maximum absolute atomic E-state index is 6.16. The zero-order valence-electron chi connectivity index (χ0n) is 18.6. The summed E-state index contributed by atoms with van der Waals surface area (Å²) in [5.74, 6) is 1.08. The number of ether oxygens (including phenoxy) is 2. The van der Waals surface area contributed by atoms with Gasteiger partial charge in [-0.1, -0.05) is 12.8 Å². The lowest BCUT2D eigenvalue weighted by Gasteiger charge is -2.35. The van der Waals surface area contributed by atoms with E-state index in [1.54, 1.807) is 0 Å². The fourth-order valence-corrected chi connectivity index (χ4v) is 4.68. The van der Waals surface area contributed by atoms with Crippen molar-refractivity contribution in [2.45, 2.75) is 83.0 Å². The van der Waals surface area contributed by atoms with E-state index in [2.05, 4.69) is 29.1 Å². The Labute approximate surface area is 195 Å². The molecular formula is C22H43IN4O2. The number of nitrogens with one attached hydrogen (secondary N) is 1. The molecule has 0 amide bonds. The van der Waals surface area contributed by atoms with Crippen LogP contribution in [0.15, 0.2) is 4.99 Å². The Morgan fingerprint density at radius 1 is 1.10 bits per heavy atom. The molecule has 1 atom stereocenters. The van der Waals surface area contributed by atoms with Gasteiger partial charge in [0.2, 0.25) is 0 Å². The molecule has 3 fully saturated rings. The molecule has 6 nitrogen and oxygen atoms in total. The Balaban J connectivity index is 0.00000300. The summed E-state index contributed by atoms with van der Waals surface area (Å²) in [4.78, 5) is 9.84. The maximum atomic E-state index is 6.16. The van der Waals surface area contributed by atoms with Gasteiger partial charge in [0.15, 0.2) is 5.96 Å². The van der Waals surface area contributed by atoms with Crippen LogP contribution in [0.5, 0.6) is 0 Å². The van der Waals surface area contributed by atoms with Crippen molar-refractivity contribution in [3.05, 3.63) is 0 Å².